The first kappa shape index (κ1) is 18.7. The second-order valence-corrected chi connectivity index (χ2v) is 7.63. The topological polar surface area (TPSA) is 59.8 Å². The molecule has 0 atom stereocenters. The molecule has 0 bridgehead atoms. The molecule has 0 spiro atoms. The summed E-state index contributed by atoms with van der Waals surface area (Å²) in [5.41, 5.74) is 0.864. The van der Waals surface area contributed by atoms with E-state index in [0.717, 1.165) is 34.7 Å². The predicted octanol–water partition coefficient (Wildman–Crippen LogP) is 5.07. The van der Waals surface area contributed by atoms with Gasteiger partial charge in [-0.3, -0.25) is 4.79 Å². The van der Waals surface area contributed by atoms with E-state index in [9.17, 15) is 4.79 Å². The van der Waals surface area contributed by atoms with Gasteiger partial charge in [0.15, 0.2) is 0 Å². The normalized spacial score (nSPS) is 15.0. The lowest BCUT2D eigenvalue weighted by Crippen LogP contribution is -2.16. The average molecular weight is 377 g/mol. The molecule has 1 saturated carbocycles. The molecule has 5 heteroatoms. The van der Waals surface area contributed by atoms with Crippen molar-refractivity contribution >= 4 is 22.4 Å². The zero-order valence-corrected chi connectivity index (χ0v) is 16.5. The molecule has 1 N–H and O–H groups in total. The van der Waals surface area contributed by atoms with Crippen molar-refractivity contribution in [3.05, 3.63) is 54.1 Å². The number of anilines is 1. The Hall–Kier alpha value is -2.69. The third kappa shape index (κ3) is 3.93. The number of nitrogens with zero attached hydrogens (tertiary/aromatic N) is 3. The van der Waals surface area contributed by atoms with E-state index in [2.05, 4.69) is 39.1 Å². The van der Waals surface area contributed by atoms with Gasteiger partial charge in [-0.05, 0) is 31.2 Å². The zero-order chi connectivity index (χ0) is 19.3. The van der Waals surface area contributed by atoms with Crippen LogP contribution in [0, 0.1) is 0 Å². The number of fused-ring (bicyclic) bond motifs is 1. The highest BCUT2D eigenvalue weighted by molar-refractivity contribution is 6.02. The third-order valence-electron chi connectivity index (χ3n) is 5.78. The number of carbonyl (C=O) groups is 1. The van der Waals surface area contributed by atoms with Crippen LogP contribution in [-0.4, -0.2) is 20.7 Å². The van der Waals surface area contributed by atoms with E-state index in [1.54, 1.807) is 0 Å². The minimum absolute atomic E-state index is 0.0150. The van der Waals surface area contributed by atoms with Gasteiger partial charge >= 0.3 is 0 Å². The maximum Gasteiger partial charge on any atom is 0.224 e. The number of carbonyl (C=O) groups excluding carboxylic acids is 1. The van der Waals surface area contributed by atoms with E-state index in [4.69, 9.17) is 0 Å². The van der Waals surface area contributed by atoms with Gasteiger partial charge in [-0.1, -0.05) is 55.7 Å². The second kappa shape index (κ2) is 8.55. The van der Waals surface area contributed by atoms with E-state index in [1.165, 1.54) is 32.1 Å². The van der Waals surface area contributed by atoms with Crippen molar-refractivity contribution in [3.63, 3.8) is 0 Å². The molecule has 1 fully saturated rings. The lowest BCUT2D eigenvalue weighted by atomic mass is 9.88. The van der Waals surface area contributed by atoms with Crippen LogP contribution >= 0.6 is 0 Å². The summed E-state index contributed by atoms with van der Waals surface area (Å²) >= 11 is 0. The molecule has 0 unspecified atom stereocenters. The van der Waals surface area contributed by atoms with Crippen LogP contribution in [0.5, 0.6) is 0 Å². The number of rotatable bonds is 6. The summed E-state index contributed by atoms with van der Waals surface area (Å²) in [6, 6.07) is 14.1. The number of benzene rings is 2. The second-order valence-electron chi connectivity index (χ2n) is 7.63. The van der Waals surface area contributed by atoms with Crippen LogP contribution in [0.25, 0.3) is 10.8 Å². The molecule has 4 rings (SSSR count). The SMILES string of the molecule is CCn1c(CCC(=O)Nc2cccc3ccccc23)nnc1C1CCCCC1. The van der Waals surface area contributed by atoms with Gasteiger partial charge in [0.05, 0.1) is 0 Å². The molecule has 1 amide bonds. The van der Waals surface area contributed by atoms with Gasteiger partial charge in [0.2, 0.25) is 5.91 Å². The third-order valence-corrected chi connectivity index (χ3v) is 5.78. The van der Waals surface area contributed by atoms with Gasteiger partial charge in [0.1, 0.15) is 11.6 Å². The molecule has 0 aliphatic heterocycles. The smallest absolute Gasteiger partial charge is 0.224 e. The van der Waals surface area contributed by atoms with Crippen molar-refractivity contribution in [1.82, 2.24) is 14.8 Å². The van der Waals surface area contributed by atoms with Gasteiger partial charge < -0.3 is 9.88 Å². The molecule has 3 aromatic rings. The van der Waals surface area contributed by atoms with Crippen LogP contribution in [0.3, 0.4) is 0 Å². The summed E-state index contributed by atoms with van der Waals surface area (Å²) in [5.74, 6) is 2.59. The molecular formula is C23H28N4O. The van der Waals surface area contributed by atoms with Crippen LogP contribution in [0.2, 0.25) is 0 Å². The van der Waals surface area contributed by atoms with Crippen LogP contribution in [0.4, 0.5) is 5.69 Å². The van der Waals surface area contributed by atoms with Crippen molar-refractivity contribution in [2.24, 2.45) is 0 Å². The van der Waals surface area contributed by atoms with Crippen molar-refractivity contribution in [2.45, 2.75) is 64.3 Å². The number of nitrogens with one attached hydrogen (secondary N) is 1. The Kier molecular flexibility index (Phi) is 5.70. The standard InChI is InChI=1S/C23H28N4O/c1-2-27-21(25-26-23(27)18-10-4-3-5-11-18)15-16-22(28)24-20-14-8-12-17-9-6-7-13-19(17)20/h6-9,12-14,18H,2-5,10-11,15-16H2,1H3,(H,24,28). The van der Waals surface area contributed by atoms with E-state index < -0.39 is 0 Å². The number of hydrogen-bond acceptors (Lipinski definition) is 3. The lowest BCUT2D eigenvalue weighted by molar-refractivity contribution is -0.116. The molecule has 1 aliphatic carbocycles. The molecule has 1 heterocycles. The fourth-order valence-electron chi connectivity index (χ4n) is 4.31. The lowest BCUT2D eigenvalue weighted by Gasteiger charge is -2.21. The number of amides is 1. The molecule has 5 nitrogen and oxygen atoms in total. The maximum atomic E-state index is 12.6. The molecule has 1 aliphatic rings. The summed E-state index contributed by atoms with van der Waals surface area (Å²) in [5, 5.41) is 14.2. The predicted molar refractivity (Wildman–Crippen MR) is 112 cm³/mol. The van der Waals surface area contributed by atoms with Gasteiger partial charge in [0.25, 0.3) is 0 Å². The zero-order valence-electron chi connectivity index (χ0n) is 16.5. The fourth-order valence-corrected chi connectivity index (χ4v) is 4.31. The summed E-state index contributed by atoms with van der Waals surface area (Å²) < 4.78 is 2.22. The molecule has 0 saturated heterocycles. The summed E-state index contributed by atoms with van der Waals surface area (Å²) in [7, 11) is 0. The minimum Gasteiger partial charge on any atom is -0.326 e. The van der Waals surface area contributed by atoms with E-state index in [0.29, 0.717) is 18.8 Å². The number of aryl methyl sites for hydroxylation is 1. The Bertz CT molecular complexity index is 951. The van der Waals surface area contributed by atoms with Crippen molar-refractivity contribution in [1.29, 1.82) is 0 Å². The Labute approximate surface area is 166 Å². The van der Waals surface area contributed by atoms with Crippen molar-refractivity contribution in [2.75, 3.05) is 5.32 Å². The number of hydrogen-bond donors (Lipinski definition) is 1. The molecule has 146 valence electrons. The van der Waals surface area contributed by atoms with E-state index in [1.807, 2.05) is 30.3 Å². The first-order valence-electron chi connectivity index (χ1n) is 10.5. The fraction of sp³-hybridized carbons (Fsp3) is 0.435. The average Bonchev–Trinajstić information content (AvgIpc) is 3.16. The minimum atomic E-state index is 0.0150. The van der Waals surface area contributed by atoms with E-state index >= 15 is 0 Å². The van der Waals surface area contributed by atoms with Crippen LogP contribution in [0.15, 0.2) is 42.5 Å². The van der Waals surface area contributed by atoms with Crippen LogP contribution < -0.4 is 5.32 Å². The Morgan fingerprint density at radius 2 is 1.86 bits per heavy atom. The first-order valence-corrected chi connectivity index (χ1v) is 10.5. The first-order chi connectivity index (χ1) is 13.8. The van der Waals surface area contributed by atoms with Gasteiger partial charge in [-0.25, -0.2) is 0 Å². The van der Waals surface area contributed by atoms with E-state index in [-0.39, 0.29) is 5.91 Å². The molecule has 2 aromatic carbocycles. The Morgan fingerprint density at radius 3 is 2.68 bits per heavy atom. The molecule has 1 aromatic heterocycles. The largest absolute Gasteiger partial charge is 0.326 e. The summed E-state index contributed by atoms with van der Waals surface area (Å²) in [4.78, 5) is 12.6. The molecule has 28 heavy (non-hydrogen) atoms. The molecular weight excluding hydrogens is 348 g/mol. The number of aromatic nitrogens is 3. The van der Waals surface area contributed by atoms with Gasteiger partial charge in [-0.2, -0.15) is 0 Å². The van der Waals surface area contributed by atoms with Crippen LogP contribution in [-0.2, 0) is 17.8 Å². The molecule has 0 radical (unpaired) electrons. The highest BCUT2D eigenvalue weighted by Gasteiger charge is 2.22. The Balaban J connectivity index is 1.43. The monoisotopic (exact) mass is 376 g/mol. The van der Waals surface area contributed by atoms with Crippen LogP contribution in [0.1, 0.15) is 63.0 Å². The maximum absolute atomic E-state index is 12.6. The quantitative estimate of drug-likeness (QED) is 0.653. The Morgan fingerprint density at radius 1 is 1.07 bits per heavy atom. The highest BCUT2D eigenvalue weighted by Crippen LogP contribution is 2.32. The van der Waals surface area contributed by atoms with Crippen molar-refractivity contribution in [3.8, 4) is 0 Å². The summed E-state index contributed by atoms with van der Waals surface area (Å²) in [6.07, 6.45) is 7.33. The summed E-state index contributed by atoms with van der Waals surface area (Å²) in [6.45, 7) is 2.99. The van der Waals surface area contributed by atoms with Gasteiger partial charge in [0, 0.05) is 36.4 Å². The highest BCUT2D eigenvalue weighted by atomic mass is 16.1. The van der Waals surface area contributed by atoms with Gasteiger partial charge in [-0.15, -0.1) is 10.2 Å². The van der Waals surface area contributed by atoms with Crippen molar-refractivity contribution < 1.29 is 4.79 Å².